The summed E-state index contributed by atoms with van der Waals surface area (Å²) < 4.78 is 7.46. The van der Waals surface area contributed by atoms with Crippen molar-refractivity contribution < 1.29 is 9.21 Å². The van der Waals surface area contributed by atoms with Crippen LogP contribution in [0.4, 0.5) is 0 Å². The second-order valence-electron chi connectivity index (χ2n) is 6.07. The van der Waals surface area contributed by atoms with E-state index in [0.717, 1.165) is 38.2 Å². The second kappa shape index (κ2) is 7.83. The molecule has 0 spiro atoms. The standard InChI is InChI=1S/C16H23N5O2S/c1-12-17-7-10-20(12)9-6-14-5-3-4-8-21(14)15(22)11-24-16-19-18-13(2)23-16/h7,10,14H,3-6,8-9,11H2,1-2H3. The van der Waals surface area contributed by atoms with E-state index in [9.17, 15) is 4.79 Å². The maximum absolute atomic E-state index is 12.6. The van der Waals surface area contributed by atoms with Gasteiger partial charge in [0.05, 0.1) is 5.75 Å². The molecule has 1 aliphatic heterocycles. The molecule has 2 aromatic rings. The quantitative estimate of drug-likeness (QED) is 0.746. The van der Waals surface area contributed by atoms with Crippen LogP contribution in [0.2, 0.25) is 0 Å². The lowest BCUT2D eigenvalue weighted by Gasteiger charge is -2.36. The van der Waals surface area contributed by atoms with Crippen LogP contribution in [0.5, 0.6) is 0 Å². The smallest absolute Gasteiger partial charge is 0.277 e. The van der Waals surface area contributed by atoms with E-state index in [1.807, 2.05) is 24.2 Å². The summed E-state index contributed by atoms with van der Waals surface area (Å²) in [7, 11) is 0. The number of thioether (sulfide) groups is 1. The molecule has 3 rings (SSSR count). The van der Waals surface area contributed by atoms with Crippen molar-refractivity contribution in [1.29, 1.82) is 0 Å². The van der Waals surface area contributed by atoms with Crippen LogP contribution in [-0.2, 0) is 11.3 Å². The molecule has 0 bridgehead atoms. The highest BCUT2D eigenvalue weighted by Gasteiger charge is 2.26. The maximum Gasteiger partial charge on any atom is 0.277 e. The molecule has 8 heteroatoms. The van der Waals surface area contributed by atoms with E-state index in [2.05, 4.69) is 19.7 Å². The molecule has 0 radical (unpaired) electrons. The zero-order valence-electron chi connectivity index (χ0n) is 14.1. The van der Waals surface area contributed by atoms with Gasteiger partial charge in [0.1, 0.15) is 5.82 Å². The first-order chi connectivity index (χ1) is 11.6. The Balaban J connectivity index is 1.54. The van der Waals surface area contributed by atoms with E-state index in [-0.39, 0.29) is 5.91 Å². The number of hydrogen-bond acceptors (Lipinski definition) is 6. The SMILES string of the molecule is Cc1nnc(SCC(=O)N2CCCCC2CCn2ccnc2C)o1. The zero-order chi connectivity index (χ0) is 16.9. The van der Waals surface area contributed by atoms with Crippen LogP contribution in [0.1, 0.15) is 37.4 Å². The van der Waals surface area contributed by atoms with Crippen molar-refractivity contribution in [3.63, 3.8) is 0 Å². The average Bonchev–Trinajstić information content (AvgIpc) is 3.19. The van der Waals surface area contributed by atoms with E-state index in [4.69, 9.17) is 4.42 Å². The van der Waals surface area contributed by atoms with Crippen molar-refractivity contribution >= 4 is 17.7 Å². The van der Waals surface area contributed by atoms with E-state index >= 15 is 0 Å². The molecule has 1 unspecified atom stereocenters. The lowest BCUT2D eigenvalue weighted by atomic mass is 9.99. The highest BCUT2D eigenvalue weighted by atomic mass is 32.2. The van der Waals surface area contributed by atoms with Gasteiger partial charge < -0.3 is 13.9 Å². The first-order valence-corrected chi connectivity index (χ1v) is 9.32. The molecule has 3 heterocycles. The number of likely N-dealkylation sites (tertiary alicyclic amines) is 1. The van der Waals surface area contributed by atoms with Gasteiger partial charge in [-0.3, -0.25) is 4.79 Å². The van der Waals surface area contributed by atoms with Gasteiger partial charge in [-0.05, 0) is 32.6 Å². The molecule has 0 N–H and O–H groups in total. The first kappa shape index (κ1) is 17.0. The zero-order valence-corrected chi connectivity index (χ0v) is 15.0. The predicted octanol–water partition coefficient (Wildman–Crippen LogP) is 2.45. The monoisotopic (exact) mass is 349 g/mol. The minimum Gasteiger partial charge on any atom is -0.416 e. The number of aryl methyl sites for hydroxylation is 3. The number of rotatable bonds is 6. The molecule has 1 atom stereocenters. The van der Waals surface area contributed by atoms with Crippen LogP contribution < -0.4 is 0 Å². The lowest BCUT2D eigenvalue weighted by Crippen LogP contribution is -2.45. The Morgan fingerprint density at radius 3 is 2.96 bits per heavy atom. The molecule has 1 aliphatic rings. The summed E-state index contributed by atoms with van der Waals surface area (Å²) in [6.45, 7) is 5.50. The molecule has 1 amide bonds. The van der Waals surface area contributed by atoms with Crippen LogP contribution >= 0.6 is 11.8 Å². The van der Waals surface area contributed by atoms with Crippen molar-refractivity contribution in [3.8, 4) is 0 Å². The van der Waals surface area contributed by atoms with Crippen molar-refractivity contribution in [2.24, 2.45) is 0 Å². The molecule has 7 nitrogen and oxygen atoms in total. The van der Waals surface area contributed by atoms with Crippen molar-refractivity contribution in [1.82, 2.24) is 24.6 Å². The molecule has 0 aliphatic carbocycles. The summed E-state index contributed by atoms with van der Waals surface area (Å²) in [5.74, 6) is 2.05. The lowest BCUT2D eigenvalue weighted by molar-refractivity contribution is -0.132. The van der Waals surface area contributed by atoms with E-state index in [1.165, 1.54) is 18.2 Å². The van der Waals surface area contributed by atoms with Crippen molar-refractivity contribution in [2.75, 3.05) is 12.3 Å². The van der Waals surface area contributed by atoms with Gasteiger partial charge in [-0.2, -0.15) is 0 Å². The maximum atomic E-state index is 12.6. The minimum absolute atomic E-state index is 0.155. The Morgan fingerprint density at radius 2 is 2.25 bits per heavy atom. The van der Waals surface area contributed by atoms with Crippen molar-refractivity contribution in [2.45, 2.75) is 57.3 Å². The number of imidazole rings is 1. The Kier molecular flexibility index (Phi) is 5.55. The fraction of sp³-hybridized carbons (Fsp3) is 0.625. The van der Waals surface area contributed by atoms with Gasteiger partial charge >= 0.3 is 0 Å². The van der Waals surface area contributed by atoms with Crippen LogP contribution in [0.3, 0.4) is 0 Å². The number of piperidine rings is 1. The van der Waals surface area contributed by atoms with Gasteiger partial charge in [0.15, 0.2) is 0 Å². The summed E-state index contributed by atoms with van der Waals surface area (Å²) >= 11 is 1.32. The molecular formula is C16H23N5O2S. The summed E-state index contributed by atoms with van der Waals surface area (Å²) in [4.78, 5) is 18.9. The molecule has 0 saturated carbocycles. The highest BCUT2D eigenvalue weighted by molar-refractivity contribution is 7.99. The summed E-state index contributed by atoms with van der Waals surface area (Å²) in [5, 5.41) is 8.18. The Bertz CT molecular complexity index is 684. The third-order valence-corrected chi connectivity index (χ3v) is 5.20. The molecule has 1 fully saturated rings. The Morgan fingerprint density at radius 1 is 1.38 bits per heavy atom. The predicted molar refractivity (Wildman–Crippen MR) is 90.7 cm³/mol. The molecule has 2 aromatic heterocycles. The van der Waals surface area contributed by atoms with Gasteiger partial charge in [-0.25, -0.2) is 4.98 Å². The second-order valence-corrected chi connectivity index (χ2v) is 7.00. The molecule has 0 aromatic carbocycles. The highest BCUT2D eigenvalue weighted by Crippen LogP contribution is 2.23. The number of hydrogen-bond donors (Lipinski definition) is 0. The van der Waals surface area contributed by atoms with Crippen LogP contribution in [0.25, 0.3) is 0 Å². The Labute approximate surface area is 145 Å². The van der Waals surface area contributed by atoms with Gasteiger partial charge in [-0.1, -0.05) is 11.8 Å². The minimum atomic E-state index is 0.155. The topological polar surface area (TPSA) is 77.1 Å². The van der Waals surface area contributed by atoms with Gasteiger partial charge in [-0.15, -0.1) is 10.2 Å². The average molecular weight is 349 g/mol. The molecule has 24 heavy (non-hydrogen) atoms. The van der Waals surface area contributed by atoms with E-state index in [0.29, 0.717) is 22.9 Å². The number of nitrogens with zero attached hydrogens (tertiary/aromatic N) is 5. The van der Waals surface area contributed by atoms with E-state index in [1.54, 1.807) is 6.92 Å². The number of carbonyl (C=O) groups is 1. The number of aromatic nitrogens is 4. The Hall–Kier alpha value is -1.83. The van der Waals surface area contributed by atoms with Gasteiger partial charge in [0.2, 0.25) is 11.8 Å². The van der Waals surface area contributed by atoms with Gasteiger partial charge in [0.25, 0.3) is 5.22 Å². The molecule has 130 valence electrons. The molecular weight excluding hydrogens is 326 g/mol. The van der Waals surface area contributed by atoms with Gasteiger partial charge in [0, 0.05) is 38.4 Å². The van der Waals surface area contributed by atoms with Crippen molar-refractivity contribution in [3.05, 3.63) is 24.1 Å². The van der Waals surface area contributed by atoms with Crippen LogP contribution in [-0.4, -0.2) is 48.9 Å². The van der Waals surface area contributed by atoms with E-state index < -0.39 is 0 Å². The third kappa shape index (κ3) is 4.17. The number of carbonyl (C=O) groups excluding carboxylic acids is 1. The molecule has 1 saturated heterocycles. The fourth-order valence-electron chi connectivity index (χ4n) is 3.10. The largest absolute Gasteiger partial charge is 0.416 e. The summed E-state index contributed by atoms with van der Waals surface area (Å²) in [5.41, 5.74) is 0. The van der Waals surface area contributed by atoms with Crippen LogP contribution in [0.15, 0.2) is 22.0 Å². The fourth-order valence-corrected chi connectivity index (χ4v) is 3.79. The summed E-state index contributed by atoms with van der Waals surface area (Å²) in [6, 6.07) is 0.304. The summed E-state index contributed by atoms with van der Waals surface area (Å²) in [6.07, 6.45) is 8.13. The third-order valence-electron chi connectivity index (χ3n) is 4.40. The first-order valence-electron chi connectivity index (χ1n) is 8.33. The normalized spacial score (nSPS) is 18.1. The van der Waals surface area contributed by atoms with Crippen LogP contribution in [0, 0.1) is 13.8 Å². The number of amides is 1.